The summed E-state index contributed by atoms with van der Waals surface area (Å²) in [6.07, 6.45) is 0.763. The maximum Gasteiger partial charge on any atom is 0.333 e. The molecule has 20 heavy (non-hydrogen) atoms. The molecule has 0 bridgehead atoms. The highest BCUT2D eigenvalue weighted by atomic mass is 16.5. The highest BCUT2D eigenvalue weighted by molar-refractivity contribution is 5.87. The predicted octanol–water partition coefficient (Wildman–Crippen LogP) is 2.08. The van der Waals surface area contributed by atoms with E-state index in [4.69, 9.17) is 9.47 Å². The van der Waals surface area contributed by atoms with Crippen LogP contribution in [0.4, 0.5) is 0 Å². The van der Waals surface area contributed by atoms with E-state index in [0.29, 0.717) is 12.2 Å². The Kier molecular flexibility index (Phi) is 7.50. The van der Waals surface area contributed by atoms with Crippen LogP contribution in [0.1, 0.15) is 41.5 Å². The molecule has 0 spiro atoms. The van der Waals surface area contributed by atoms with Crippen molar-refractivity contribution in [2.24, 2.45) is 11.3 Å². The molecule has 5 heteroatoms. The third-order valence-electron chi connectivity index (χ3n) is 2.71. The van der Waals surface area contributed by atoms with E-state index in [9.17, 15) is 14.7 Å². The molecule has 2 atom stereocenters. The SMILES string of the molecule is CCOC(=O)/C(C)=C/[C@@H](C)[C@H](O)COC(=O)C(C)(C)C. The Bertz CT molecular complexity index is 365. The number of hydrogen-bond acceptors (Lipinski definition) is 5. The average molecular weight is 286 g/mol. The first-order valence-corrected chi connectivity index (χ1v) is 6.80. The standard InChI is InChI=1S/C15H26O5/c1-7-19-13(17)11(3)8-10(2)12(16)9-20-14(18)15(4,5)6/h8,10,12,16H,7,9H2,1-6H3/b11-8+/t10-,12-/m1/s1. The van der Waals surface area contributed by atoms with Crippen LogP contribution in [0, 0.1) is 11.3 Å². The number of carbonyl (C=O) groups is 2. The molecule has 0 aliphatic rings. The highest BCUT2D eigenvalue weighted by Gasteiger charge is 2.25. The van der Waals surface area contributed by atoms with E-state index in [2.05, 4.69) is 0 Å². The molecular formula is C15H26O5. The maximum absolute atomic E-state index is 11.6. The molecule has 0 aliphatic carbocycles. The quantitative estimate of drug-likeness (QED) is 0.598. The summed E-state index contributed by atoms with van der Waals surface area (Å²) in [7, 11) is 0. The summed E-state index contributed by atoms with van der Waals surface area (Å²) in [5.41, 5.74) is -0.167. The Labute approximate surface area is 121 Å². The van der Waals surface area contributed by atoms with Gasteiger partial charge in [0, 0.05) is 11.5 Å². The normalized spacial score (nSPS) is 15.4. The third-order valence-corrected chi connectivity index (χ3v) is 2.71. The number of aliphatic hydroxyl groups excluding tert-OH is 1. The zero-order chi connectivity index (χ0) is 15.9. The largest absolute Gasteiger partial charge is 0.463 e. The summed E-state index contributed by atoms with van der Waals surface area (Å²) in [4.78, 5) is 23.0. The fourth-order valence-corrected chi connectivity index (χ4v) is 1.35. The first-order valence-electron chi connectivity index (χ1n) is 6.80. The van der Waals surface area contributed by atoms with Gasteiger partial charge in [-0.1, -0.05) is 13.0 Å². The Morgan fingerprint density at radius 1 is 1.25 bits per heavy atom. The van der Waals surface area contributed by atoms with Crippen LogP contribution in [-0.4, -0.2) is 36.4 Å². The van der Waals surface area contributed by atoms with Gasteiger partial charge in [0.05, 0.1) is 18.1 Å². The number of ether oxygens (including phenoxy) is 2. The lowest BCUT2D eigenvalue weighted by Gasteiger charge is -2.20. The van der Waals surface area contributed by atoms with Crippen LogP contribution < -0.4 is 0 Å². The number of esters is 2. The number of rotatable bonds is 6. The summed E-state index contributed by atoms with van der Waals surface area (Å²) in [5.74, 6) is -1.08. The van der Waals surface area contributed by atoms with Gasteiger partial charge in [0.25, 0.3) is 0 Å². The molecule has 0 aromatic heterocycles. The minimum atomic E-state index is -0.856. The van der Waals surface area contributed by atoms with Gasteiger partial charge >= 0.3 is 11.9 Å². The molecule has 116 valence electrons. The second kappa shape index (κ2) is 8.04. The minimum Gasteiger partial charge on any atom is -0.463 e. The van der Waals surface area contributed by atoms with Gasteiger partial charge in [-0.2, -0.15) is 0 Å². The van der Waals surface area contributed by atoms with Gasteiger partial charge < -0.3 is 14.6 Å². The van der Waals surface area contributed by atoms with Crippen LogP contribution >= 0.6 is 0 Å². The molecule has 0 radical (unpaired) electrons. The van der Waals surface area contributed by atoms with Crippen molar-refractivity contribution in [2.75, 3.05) is 13.2 Å². The predicted molar refractivity (Wildman–Crippen MR) is 76.0 cm³/mol. The lowest BCUT2D eigenvalue weighted by molar-refractivity contribution is -0.156. The maximum atomic E-state index is 11.6. The van der Waals surface area contributed by atoms with Gasteiger partial charge in [-0.25, -0.2) is 4.79 Å². The fraction of sp³-hybridized carbons (Fsp3) is 0.733. The molecule has 0 aliphatic heterocycles. The second-order valence-corrected chi connectivity index (χ2v) is 5.85. The molecule has 0 unspecified atom stereocenters. The van der Waals surface area contributed by atoms with Gasteiger partial charge in [0.1, 0.15) is 6.61 Å². The molecule has 0 heterocycles. The minimum absolute atomic E-state index is 0.0934. The molecule has 0 aromatic carbocycles. The molecule has 5 nitrogen and oxygen atoms in total. The first-order chi connectivity index (χ1) is 9.09. The average Bonchev–Trinajstić information content (AvgIpc) is 2.34. The zero-order valence-electron chi connectivity index (χ0n) is 13.2. The van der Waals surface area contributed by atoms with Crippen LogP contribution in [0.3, 0.4) is 0 Å². The van der Waals surface area contributed by atoms with Gasteiger partial charge in [0.15, 0.2) is 0 Å². The van der Waals surface area contributed by atoms with Gasteiger partial charge in [-0.3, -0.25) is 4.79 Å². The molecule has 0 rings (SSSR count). The van der Waals surface area contributed by atoms with Crippen LogP contribution in [0.25, 0.3) is 0 Å². The van der Waals surface area contributed by atoms with Crippen molar-refractivity contribution < 1.29 is 24.2 Å². The van der Waals surface area contributed by atoms with Gasteiger partial charge in [0.2, 0.25) is 0 Å². The molecular weight excluding hydrogens is 260 g/mol. The highest BCUT2D eigenvalue weighted by Crippen LogP contribution is 2.16. The van der Waals surface area contributed by atoms with Crippen molar-refractivity contribution in [3.63, 3.8) is 0 Å². The van der Waals surface area contributed by atoms with E-state index in [1.54, 1.807) is 47.6 Å². The summed E-state index contributed by atoms with van der Waals surface area (Å²) >= 11 is 0. The van der Waals surface area contributed by atoms with Gasteiger partial charge in [-0.05, 0) is 34.6 Å². The van der Waals surface area contributed by atoms with Gasteiger partial charge in [-0.15, -0.1) is 0 Å². The lowest BCUT2D eigenvalue weighted by Crippen LogP contribution is -2.30. The van der Waals surface area contributed by atoms with Crippen LogP contribution in [0.15, 0.2) is 11.6 Å². The van der Waals surface area contributed by atoms with E-state index in [0.717, 1.165) is 0 Å². The van der Waals surface area contributed by atoms with E-state index < -0.39 is 17.5 Å². The van der Waals surface area contributed by atoms with E-state index in [1.165, 1.54) is 0 Å². The number of carbonyl (C=O) groups excluding carboxylic acids is 2. The number of aliphatic hydroxyl groups is 1. The van der Waals surface area contributed by atoms with Crippen molar-refractivity contribution in [3.05, 3.63) is 11.6 Å². The molecule has 0 saturated heterocycles. The Hall–Kier alpha value is -1.36. The number of hydrogen-bond donors (Lipinski definition) is 1. The monoisotopic (exact) mass is 286 g/mol. The Morgan fingerprint density at radius 2 is 1.80 bits per heavy atom. The Balaban J connectivity index is 4.42. The van der Waals surface area contributed by atoms with Crippen LogP contribution in [0.5, 0.6) is 0 Å². The summed E-state index contributed by atoms with van der Waals surface area (Å²) < 4.78 is 9.90. The molecule has 0 amide bonds. The molecule has 1 N–H and O–H groups in total. The van der Waals surface area contributed by atoms with Crippen LogP contribution in [0.2, 0.25) is 0 Å². The molecule has 0 saturated carbocycles. The van der Waals surface area contributed by atoms with Crippen molar-refractivity contribution in [2.45, 2.75) is 47.6 Å². The van der Waals surface area contributed by atoms with E-state index >= 15 is 0 Å². The van der Waals surface area contributed by atoms with Crippen LogP contribution in [-0.2, 0) is 19.1 Å². The second-order valence-electron chi connectivity index (χ2n) is 5.85. The lowest BCUT2D eigenvalue weighted by atomic mass is 9.97. The summed E-state index contributed by atoms with van der Waals surface area (Å²) in [6, 6.07) is 0. The molecule has 0 fully saturated rings. The van der Waals surface area contributed by atoms with Crippen molar-refractivity contribution in [3.8, 4) is 0 Å². The fourth-order valence-electron chi connectivity index (χ4n) is 1.35. The smallest absolute Gasteiger partial charge is 0.333 e. The topological polar surface area (TPSA) is 72.8 Å². The molecule has 0 aromatic rings. The van der Waals surface area contributed by atoms with E-state index in [1.807, 2.05) is 0 Å². The van der Waals surface area contributed by atoms with Crippen molar-refractivity contribution >= 4 is 11.9 Å². The first kappa shape index (κ1) is 18.6. The summed E-state index contributed by atoms with van der Waals surface area (Å²) in [6.45, 7) is 10.6. The van der Waals surface area contributed by atoms with Crippen molar-refractivity contribution in [1.29, 1.82) is 0 Å². The van der Waals surface area contributed by atoms with Crippen molar-refractivity contribution in [1.82, 2.24) is 0 Å². The zero-order valence-corrected chi connectivity index (χ0v) is 13.2. The van der Waals surface area contributed by atoms with E-state index in [-0.39, 0.29) is 18.5 Å². The third kappa shape index (κ3) is 6.70. The Morgan fingerprint density at radius 3 is 2.25 bits per heavy atom. The summed E-state index contributed by atoms with van der Waals surface area (Å²) in [5, 5.41) is 9.92.